The number of ether oxygens (including phenoxy) is 1. The van der Waals surface area contributed by atoms with Crippen LogP contribution in [0.15, 0.2) is 30.3 Å². The third-order valence-electron chi connectivity index (χ3n) is 6.03. The average Bonchev–Trinajstić information content (AvgIpc) is 2.99. The molecule has 3 rings (SSSR count). The van der Waals surface area contributed by atoms with Crippen LogP contribution in [0.2, 0.25) is 0 Å². The van der Waals surface area contributed by atoms with E-state index in [1.165, 1.54) is 0 Å². The van der Waals surface area contributed by atoms with Crippen molar-refractivity contribution in [2.75, 3.05) is 44.0 Å². The van der Waals surface area contributed by atoms with Crippen LogP contribution in [0.3, 0.4) is 0 Å². The summed E-state index contributed by atoms with van der Waals surface area (Å²) in [5.74, 6) is 0.538. The van der Waals surface area contributed by atoms with Crippen molar-refractivity contribution in [2.45, 2.75) is 45.7 Å². The zero-order chi connectivity index (χ0) is 22.2. The molecule has 1 fully saturated rings. The molecule has 0 aliphatic carbocycles. The molecule has 0 unspecified atom stereocenters. The Kier molecular flexibility index (Phi) is 8.10. The van der Waals surface area contributed by atoms with Crippen molar-refractivity contribution in [3.8, 4) is 6.07 Å². The van der Waals surface area contributed by atoms with Gasteiger partial charge < -0.3 is 19.9 Å². The van der Waals surface area contributed by atoms with Crippen LogP contribution in [-0.2, 0) is 16.1 Å². The van der Waals surface area contributed by atoms with Crippen LogP contribution >= 0.6 is 0 Å². The summed E-state index contributed by atoms with van der Waals surface area (Å²) in [6.45, 7) is 7.34. The number of carbonyl (C=O) groups is 1. The van der Waals surface area contributed by atoms with Gasteiger partial charge in [-0.2, -0.15) is 5.26 Å². The number of aromatic nitrogens is 1. The highest BCUT2D eigenvalue weighted by molar-refractivity contribution is 5.93. The number of nitrogens with one attached hydrogen (secondary N) is 2. The molecule has 1 aliphatic heterocycles. The molecule has 31 heavy (non-hydrogen) atoms. The molecule has 0 atom stereocenters. The minimum absolute atomic E-state index is 0.0727. The Morgan fingerprint density at radius 1 is 1.23 bits per heavy atom. The van der Waals surface area contributed by atoms with Crippen LogP contribution in [-0.4, -0.2) is 54.8 Å². The number of rotatable bonds is 9. The van der Waals surface area contributed by atoms with E-state index in [-0.39, 0.29) is 5.91 Å². The summed E-state index contributed by atoms with van der Waals surface area (Å²) in [7, 11) is 1.68. The zero-order valence-electron chi connectivity index (χ0n) is 18.8. The van der Waals surface area contributed by atoms with Crippen molar-refractivity contribution in [3.63, 3.8) is 0 Å². The number of methoxy groups -OCH3 is 1. The lowest BCUT2D eigenvalue weighted by Gasteiger charge is -2.32. The monoisotopic (exact) mass is 423 g/mol. The predicted molar refractivity (Wildman–Crippen MR) is 123 cm³/mol. The Bertz CT molecular complexity index is 908. The van der Waals surface area contributed by atoms with Crippen LogP contribution in [0.5, 0.6) is 0 Å². The van der Waals surface area contributed by atoms with E-state index in [0.29, 0.717) is 37.1 Å². The summed E-state index contributed by atoms with van der Waals surface area (Å²) in [5.41, 5.74) is 3.62. The van der Waals surface area contributed by atoms with Gasteiger partial charge in [0.1, 0.15) is 11.9 Å². The second-order valence-corrected chi connectivity index (χ2v) is 8.15. The minimum Gasteiger partial charge on any atom is -0.385 e. The van der Waals surface area contributed by atoms with Crippen molar-refractivity contribution in [3.05, 3.63) is 47.2 Å². The lowest BCUT2D eigenvalue weighted by Crippen LogP contribution is -2.42. The van der Waals surface area contributed by atoms with Crippen LogP contribution in [0.4, 0.5) is 11.5 Å². The summed E-state index contributed by atoms with van der Waals surface area (Å²) < 4.78 is 7.19. The lowest BCUT2D eigenvalue weighted by atomic mass is 10.0. The summed E-state index contributed by atoms with van der Waals surface area (Å²) in [4.78, 5) is 15.0. The summed E-state index contributed by atoms with van der Waals surface area (Å²) >= 11 is 0. The van der Waals surface area contributed by atoms with Crippen molar-refractivity contribution < 1.29 is 9.53 Å². The molecule has 1 aliphatic rings. The average molecular weight is 424 g/mol. The first-order valence-electron chi connectivity index (χ1n) is 11.0. The maximum Gasteiger partial charge on any atom is 0.239 e. The fourth-order valence-electron chi connectivity index (χ4n) is 4.16. The summed E-state index contributed by atoms with van der Waals surface area (Å²) in [6.07, 6.45) is 2.82. The number of benzene rings is 1. The highest BCUT2D eigenvalue weighted by Gasteiger charge is 2.23. The number of anilines is 2. The highest BCUT2D eigenvalue weighted by atomic mass is 16.5. The molecule has 2 N–H and O–H groups in total. The fourth-order valence-corrected chi connectivity index (χ4v) is 4.16. The number of hydrogen-bond acceptors (Lipinski definition) is 5. The lowest BCUT2D eigenvalue weighted by molar-refractivity contribution is -0.117. The Hall–Kier alpha value is -2.82. The van der Waals surface area contributed by atoms with Gasteiger partial charge in [-0.25, -0.2) is 0 Å². The normalized spacial score (nSPS) is 14.9. The van der Waals surface area contributed by atoms with Crippen molar-refractivity contribution in [2.24, 2.45) is 0 Å². The SMILES string of the molecule is COCCCn1c(C)c(C)c(C#N)c1NC(=O)CN1CCC(Nc2ccccc2)CC1. The standard InChI is InChI=1S/C24H33N5O2/c1-18-19(2)29(12-7-15-31-3)24(22(18)16-25)27-23(30)17-28-13-10-21(11-14-28)26-20-8-5-4-6-9-20/h4-6,8-9,21,26H,7,10-15,17H2,1-3H3,(H,27,30). The van der Waals surface area contributed by atoms with Gasteiger partial charge in [0.15, 0.2) is 0 Å². The first-order valence-corrected chi connectivity index (χ1v) is 11.0. The molecule has 0 saturated carbocycles. The van der Waals surface area contributed by atoms with E-state index in [1.54, 1.807) is 7.11 Å². The summed E-state index contributed by atoms with van der Waals surface area (Å²) in [5, 5.41) is 16.2. The van der Waals surface area contributed by atoms with E-state index in [0.717, 1.165) is 49.3 Å². The molecule has 7 nitrogen and oxygen atoms in total. The van der Waals surface area contributed by atoms with Crippen LogP contribution in [0.25, 0.3) is 0 Å². The van der Waals surface area contributed by atoms with Crippen molar-refractivity contribution >= 4 is 17.4 Å². The molecule has 1 saturated heterocycles. The number of nitriles is 1. The second-order valence-electron chi connectivity index (χ2n) is 8.15. The number of para-hydroxylation sites is 1. The van der Waals surface area contributed by atoms with Gasteiger partial charge in [0, 0.05) is 50.8 Å². The van der Waals surface area contributed by atoms with Crippen molar-refractivity contribution in [1.29, 1.82) is 5.26 Å². The number of carbonyl (C=O) groups excluding carboxylic acids is 1. The Labute approximate surface area is 185 Å². The molecule has 1 aromatic heterocycles. The predicted octanol–water partition coefficient (Wildman–Crippen LogP) is 3.53. The van der Waals surface area contributed by atoms with Crippen molar-refractivity contribution in [1.82, 2.24) is 9.47 Å². The molecule has 0 radical (unpaired) electrons. The Morgan fingerprint density at radius 2 is 1.94 bits per heavy atom. The maximum absolute atomic E-state index is 12.8. The van der Waals surface area contributed by atoms with E-state index in [9.17, 15) is 10.1 Å². The van der Waals surface area contributed by atoms with Gasteiger partial charge in [-0.15, -0.1) is 0 Å². The highest BCUT2D eigenvalue weighted by Crippen LogP contribution is 2.27. The van der Waals surface area contributed by atoms with E-state index in [4.69, 9.17) is 4.74 Å². The zero-order valence-corrected chi connectivity index (χ0v) is 18.8. The Balaban J connectivity index is 1.56. The van der Waals surface area contributed by atoms with Gasteiger partial charge >= 0.3 is 0 Å². The molecular weight excluding hydrogens is 390 g/mol. The molecule has 166 valence electrons. The van der Waals surface area contributed by atoms with E-state index < -0.39 is 0 Å². The molecule has 1 amide bonds. The second kappa shape index (κ2) is 11.0. The van der Waals surface area contributed by atoms with E-state index in [2.05, 4.69) is 33.7 Å². The van der Waals surface area contributed by atoms with E-state index >= 15 is 0 Å². The molecule has 7 heteroatoms. The molecule has 1 aromatic carbocycles. The smallest absolute Gasteiger partial charge is 0.239 e. The minimum atomic E-state index is -0.0727. The van der Waals surface area contributed by atoms with Gasteiger partial charge in [-0.1, -0.05) is 18.2 Å². The quantitative estimate of drug-likeness (QED) is 0.603. The van der Waals surface area contributed by atoms with Gasteiger partial charge in [-0.3, -0.25) is 9.69 Å². The number of amides is 1. The fraction of sp³-hybridized carbons (Fsp3) is 0.500. The molecule has 0 bridgehead atoms. The third kappa shape index (κ3) is 5.87. The van der Waals surface area contributed by atoms with Gasteiger partial charge in [-0.05, 0) is 50.8 Å². The summed E-state index contributed by atoms with van der Waals surface area (Å²) in [6, 6.07) is 12.9. The molecular formula is C24H33N5O2. The van der Waals surface area contributed by atoms with Crippen LogP contribution in [0.1, 0.15) is 36.1 Å². The largest absolute Gasteiger partial charge is 0.385 e. The first-order chi connectivity index (χ1) is 15.0. The van der Waals surface area contributed by atoms with Gasteiger partial charge in [0.25, 0.3) is 0 Å². The number of piperidine rings is 1. The number of nitrogens with zero attached hydrogens (tertiary/aromatic N) is 3. The molecule has 0 spiro atoms. The number of likely N-dealkylation sites (tertiary alicyclic amines) is 1. The van der Waals surface area contributed by atoms with Gasteiger partial charge in [0.2, 0.25) is 5.91 Å². The van der Waals surface area contributed by atoms with Crippen LogP contribution in [0, 0.1) is 25.2 Å². The Morgan fingerprint density at radius 3 is 2.58 bits per heavy atom. The van der Waals surface area contributed by atoms with E-state index in [1.807, 2.05) is 36.6 Å². The third-order valence-corrected chi connectivity index (χ3v) is 6.03. The van der Waals surface area contributed by atoms with Crippen LogP contribution < -0.4 is 10.6 Å². The maximum atomic E-state index is 12.8. The number of hydrogen-bond donors (Lipinski definition) is 2. The van der Waals surface area contributed by atoms with Gasteiger partial charge in [0.05, 0.1) is 12.1 Å². The first kappa shape index (κ1) is 22.9. The molecule has 2 heterocycles. The topological polar surface area (TPSA) is 82.3 Å². The molecule has 2 aromatic rings.